The normalized spacial score (nSPS) is 37.2. The molecule has 1 aliphatic heterocycles. The third-order valence-corrected chi connectivity index (χ3v) is 5.00. The molecule has 17 heavy (non-hydrogen) atoms. The van der Waals surface area contributed by atoms with Gasteiger partial charge < -0.3 is 5.32 Å². The van der Waals surface area contributed by atoms with E-state index >= 15 is 0 Å². The fraction of sp³-hybridized carbons (Fsp3) is 1.00. The van der Waals surface area contributed by atoms with Crippen molar-refractivity contribution in [2.75, 3.05) is 19.6 Å². The van der Waals surface area contributed by atoms with E-state index in [2.05, 4.69) is 31.0 Å². The average molecular weight is 238 g/mol. The standard InChI is InChI=1S/C15H30N2/c1-4-15(3)12-17(13(2)10-16-15)11-14-8-6-5-7-9-14/h13-14,16H,4-12H2,1-3H3. The lowest BCUT2D eigenvalue weighted by atomic mass is 9.87. The summed E-state index contributed by atoms with van der Waals surface area (Å²) in [7, 11) is 0. The van der Waals surface area contributed by atoms with Crippen LogP contribution < -0.4 is 5.32 Å². The summed E-state index contributed by atoms with van der Waals surface area (Å²) in [6.45, 7) is 10.8. The number of nitrogens with one attached hydrogen (secondary N) is 1. The van der Waals surface area contributed by atoms with Crippen molar-refractivity contribution >= 4 is 0 Å². The maximum absolute atomic E-state index is 3.72. The number of hydrogen-bond acceptors (Lipinski definition) is 2. The second-order valence-electron chi connectivity index (χ2n) is 6.58. The molecule has 0 aromatic rings. The molecule has 2 aliphatic rings. The van der Waals surface area contributed by atoms with Crippen molar-refractivity contribution in [1.29, 1.82) is 0 Å². The van der Waals surface area contributed by atoms with E-state index in [0.717, 1.165) is 18.5 Å². The van der Waals surface area contributed by atoms with Gasteiger partial charge in [0.15, 0.2) is 0 Å². The van der Waals surface area contributed by atoms with E-state index < -0.39 is 0 Å². The van der Waals surface area contributed by atoms with E-state index in [4.69, 9.17) is 0 Å². The Morgan fingerprint density at radius 2 is 1.94 bits per heavy atom. The van der Waals surface area contributed by atoms with E-state index in [1.165, 1.54) is 51.6 Å². The molecule has 0 amide bonds. The third kappa shape index (κ3) is 3.45. The van der Waals surface area contributed by atoms with Crippen LogP contribution in [0.3, 0.4) is 0 Å². The summed E-state index contributed by atoms with van der Waals surface area (Å²) in [5, 5.41) is 3.72. The summed E-state index contributed by atoms with van der Waals surface area (Å²) >= 11 is 0. The Kier molecular flexibility index (Phi) is 4.48. The average Bonchev–Trinajstić information content (AvgIpc) is 2.35. The molecule has 1 saturated heterocycles. The van der Waals surface area contributed by atoms with Crippen molar-refractivity contribution in [2.24, 2.45) is 5.92 Å². The van der Waals surface area contributed by atoms with Gasteiger partial charge in [0.2, 0.25) is 0 Å². The third-order valence-electron chi connectivity index (χ3n) is 5.00. The van der Waals surface area contributed by atoms with E-state index in [-0.39, 0.29) is 0 Å². The zero-order chi connectivity index (χ0) is 12.3. The van der Waals surface area contributed by atoms with Gasteiger partial charge in [-0.1, -0.05) is 26.2 Å². The molecule has 1 aliphatic carbocycles. The summed E-state index contributed by atoms with van der Waals surface area (Å²) in [6, 6.07) is 0.719. The Hall–Kier alpha value is -0.0800. The maximum Gasteiger partial charge on any atom is 0.0278 e. The van der Waals surface area contributed by atoms with Crippen LogP contribution in [0.5, 0.6) is 0 Å². The lowest BCUT2D eigenvalue weighted by molar-refractivity contribution is 0.0710. The van der Waals surface area contributed by atoms with Crippen LogP contribution in [-0.4, -0.2) is 36.1 Å². The molecule has 2 atom stereocenters. The monoisotopic (exact) mass is 238 g/mol. The first-order chi connectivity index (χ1) is 8.13. The predicted octanol–water partition coefficient (Wildman–Crippen LogP) is 3.03. The zero-order valence-corrected chi connectivity index (χ0v) is 12.0. The van der Waals surface area contributed by atoms with Gasteiger partial charge in [0.25, 0.3) is 0 Å². The molecule has 2 nitrogen and oxygen atoms in total. The van der Waals surface area contributed by atoms with E-state index in [1.54, 1.807) is 0 Å². The molecule has 2 fully saturated rings. The van der Waals surface area contributed by atoms with Crippen LogP contribution in [0.1, 0.15) is 59.3 Å². The van der Waals surface area contributed by atoms with Gasteiger partial charge in [-0.25, -0.2) is 0 Å². The smallest absolute Gasteiger partial charge is 0.0278 e. The highest BCUT2D eigenvalue weighted by molar-refractivity contribution is 4.93. The van der Waals surface area contributed by atoms with Gasteiger partial charge in [-0.3, -0.25) is 4.90 Å². The summed E-state index contributed by atoms with van der Waals surface area (Å²) in [4.78, 5) is 2.75. The van der Waals surface area contributed by atoms with E-state index in [1.807, 2.05) is 0 Å². The molecule has 1 saturated carbocycles. The van der Waals surface area contributed by atoms with Crippen molar-refractivity contribution in [3.05, 3.63) is 0 Å². The molecule has 0 bridgehead atoms. The number of hydrogen-bond donors (Lipinski definition) is 1. The minimum Gasteiger partial charge on any atom is -0.309 e. The summed E-state index contributed by atoms with van der Waals surface area (Å²) < 4.78 is 0. The Morgan fingerprint density at radius 3 is 2.59 bits per heavy atom. The van der Waals surface area contributed by atoms with Gasteiger partial charge in [0, 0.05) is 31.2 Å². The van der Waals surface area contributed by atoms with Crippen LogP contribution in [0.25, 0.3) is 0 Å². The molecule has 1 N–H and O–H groups in total. The second kappa shape index (κ2) is 5.71. The Morgan fingerprint density at radius 1 is 1.24 bits per heavy atom. The van der Waals surface area contributed by atoms with E-state index in [9.17, 15) is 0 Å². The molecule has 0 aromatic carbocycles. The highest BCUT2D eigenvalue weighted by Gasteiger charge is 2.33. The van der Waals surface area contributed by atoms with Crippen LogP contribution in [0.15, 0.2) is 0 Å². The van der Waals surface area contributed by atoms with Crippen LogP contribution >= 0.6 is 0 Å². The number of piperazine rings is 1. The number of rotatable bonds is 3. The summed E-state index contributed by atoms with van der Waals surface area (Å²) in [5.74, 6) is 0.977. The Labute approximate surface area is 107 Å². The lowest BCUT2D eigenvalue weighted by Gasteiger charge is -2.46. The first kappa shape index (κ1) is 13.4. The van der Waals surface area contributed by atoms with Crippen molar-refractivity contribution in [3.8, 4) is 0 Å². The first-order valence-electron chi connectivity index (χ1n) is 7.62. The van der Waals surface area contributed by atoms with Gasteiger partial charge >= 0.3 is 0 Å². The SMILES string of the molecule is CCC1(C)CN(CC2CCCCC2)C(C)CN1. The molecule has 0 spiro atoms. The van der Waals surface area contributed by atoms with Gasteiger partial charge in [-0.2, -0.15) is 0 Å². The summed E-state index contributed by atoms with van der Waals surface area (Å²) in [5.41, 5.74) is 0.348. The van der Waals surface area contributed by atoms with Crippen LogP contribution in [0.4, 0.5) is 0 Å². The summed E-state index contributed by atoms with van der Waals surface area (Å²) in [6.07, 6.45) is 8.59. The molecule has 2 rings (SSSR count). The highest BCUT2D eigenvalue weighted by Crippen LogP contribution is 2.27. The van der Waals surface area contributed by atoms with Gasteiger partial charge in [0.05, 0.1) is 0 Å². The maximum atomic E-state index is 3.72. The molecule has 1 heterocycles. The topological polar surface area (TPSA) is 15.3 Å². The molecule has 100 valence electrons. The van der Waals surface area contributed by atoms with Gasteiger partial charge in [-0.15, -0.1) is 0 Å². The van der Waals surface area contributed by atoms with E-state index in [0.29, 0.717) is 5.54 Å². The van der Waals surface area contributed by atoms with Gasteiger partial charge in [0.1, 0.15) is 0 Å². The minimum atomic E-state index is 0.348. The zero-order valence-electron chi connectivity index (χ0n) is 12.0. The largest absolute Gasteiger partial charge is 0.309 e. The first-order valence-corrected chi connectivity index (χ1v) is 7.62. The molecule has 0 aromatic heterocycles. The van der Waals surface area contributed by atoms with Crippen molar-refractivity contribution in [3.63, 3.8) is 0 Å². The Balaban J connectivity index is 1.88. The molecule has 2 unspecified atom stereocenters. The van der Waals surface area contributed by atoms with Crippen molar-refractivity contribution in [2.45, 2.75) is 70.9 Å². The molecular formula is C15H30N2. The highest BCUT2D eigenvalue weighted by atomic mass is 15.2. The van der Waals surface area contributed by atoms with Gasteiger partial charge in [-0.05, 0) is 39.0 Å². The van der Waals surface area contributed by atoms with Crippen LogP contribution in [-0.2, 0) is 0 Å². The fourth-order valence-electron chi connectivity index (χ4n) is 3.37. The van der Waals surface area contributed by atoms with Crippen molar-refractivity contribution in [1.82, 2.24) is 10.2 Å². The lowest BCUT2D eigenvalue weighted by Crippen LogP contribution is -2.62. The quantitative estimate of drug-likeness (QED) is 0.813. The van der Waals surface area contributed by atoms with Crippen LogP contribution in [0.2, 0.25) is 0 Å². The predicted molar refractivity (Wildman–Crippen MR) is 74.3 cm³/mol. The molecular weight excluding hydrogens is 208 g/mol. The second-order valence-corrected chi connectivity index (χ2v) is 6.58. The molecule has 0 radical (unpaired) electrons. The van der Waals surface area contributed by atoms with Crippen molar-refractivity contribution < 1.29 is 0 Å². The Bertz CT molecular complexity index is 235. The van der Waals surface area contributed by atoms with Crippen LogP contribution in [0, 0.1) is 5.92 Å². The fourth-order valence-corrected chi connectivity index (χ4v) is 3.37. The number of nitrogens with zero attached hydrogens (tertiary/aromatic N) is 1. The minimum absolute atomic E-state index is 0.348. The molecule has 2 heteroatoms.